The molecule has 1 aromatic rings. The Labute approximate surface area is 92.3 Å². The number of para-hydroxylation sites is 2. The number of nitrogen functional groups attached to an aromatic ring is 1. The zero-order valence-electron chi connectivity index (χ0n) is 9.66. The SMILES string of the molecule is CCN(CC)CCNc1ccccc1N. The Morgan fingerprint density at radius 1 is 1.20 bits per heavy atom. The van der Waals surface area contributed by atoms with E-state index in [0.717, 1.165) is 37.6 Å². The Hall–Kier alpha value is -1.22. The first-order chi connectivity index (χ1) is 7.27. The van der Waals surface area contributed by atoms with Gasteiger partial charge in [0.15, 0.2) is 0 Å². The van der Waals surface area contributed by atoms with E-state index in [0.29, 0.717) is 0 Å². The van der Waals surface area contributed by atoms with Crippen LogP contribution >= 0.6 is 0 Å². The van der Waals surface area contributed by atoms with Crippen LogP contribution in [0, 0.1) is 0 Å². The van der Waals surface area contributed by atoms with E-state index >= 15 is 0 Å². The highest BCUT2D eigenvalue weighted by molar-refractivity contribution is 5.65. The first kappa shape index (κ1) is 11.9. The van der Waals surface area contributed by atoms with Gasteiger partial charge in [0.2, 0.25) is 0 Å². The van der Waals surface area contributed by atoms with Crippen molar-refractivity contribution < 1.29 is 0 Å². The van der Waals surface area contributed by atoms with Crippen molar-refractivity contribution >= 4 is 11.4 Å². The topological polar surface area (TPSA) is 41.3 Å². The van der Waals surface area contributed by atoms with Crippen LogP contribution in [-0.4, -0.2) is 31.1 Å². The lowest BCUT2D eigenvalue weighted by atomic mass is 10.2. The van der Waals surface area contributed by atoms with Crippen LogP contribution in [0.2, 0.25) is 0 Å². The second kappa shape index (κ2) is 6.30. The first-order valence-electron chi connectivity index (χ1n) is 5.58. The Morgan fingerprint density at radius 3 is 2.47 bits per heavy atom. The highest BCUT2D eigenvalue weighted by Gasteiger charge is 1.99. The average molecular weight is 207 g/mol. The summed E-state index contributed by atoms with van der Waals surface area (Å²) in [5, 5.41) is 3.35. The minimum atomic E-state index is 0.817. The molecular weight excluding hydrogens is 186 g/mol. The fraction of sp³-hybridized carbons (Fsp3) is 0.500. The molecule has 1 aromatic carbocycles. The Kier molecular flexibility index (Phi) is 4.98. The zero-order chi connectivity index (χ0) is 11.1. The molecule has 1 rings (SSSR count). The molecule has 0 fully saturated rings. The van der Waals surface area contributed by atoms with E-state index in [1.54, 1.807) is 0 Å². The van der Waals surface area contributed by atoms with Gasteiger partial charge >= 0.3 is 0 Å². The first-order valence-corrected chi connectivity index (χ1v) is 5.58. The molecule has 3 heteroatoms. The fourth-order valence-electron chi connectivity index (χ4n) is 1.55. The van der Waals surface area contributed by atoms with E-state index in [9.17, 15) is 0 Å². The minimum Gasteiger partial charge on any atom is -0.397 e. The second-order valence-electron chi connectivity index (χ2n) is 3.54. The van der Waals surface area contributed by atoms with E-state index < -0.39 is 0 Å². The number of anilines is 2. The van der Waals surface area contributed by atoms with Gasteiger partial charge in [-0.1, -0.05) is 26.0 Å². The highest BCUT2D eigenvalue weighted by Crippen LogP contribution is 2.15. The summed E-state index contributed by atoms with van der Waals surface area (Å²) in [5.41, 5.74) is 7.68. The van der Waals surface area contributed by atoms with Gasteiger partial charge in [-0.3, -0.25) is 0 Å². The summed E-state index contributed by atoms with van der Waals surface area (Å²) in [7, 11) is 0. The normalized spacial score (nSPS) is 10.6. The molecule has 0 saturated heterocycles. The van der Waals surface area contributed by atoms with Crippen molar-refractivity contribution in [2.24, 2.45) is 0 Å². The summed E-state index contributed by atoms with van der Waals surface area (Å²) in [6.45, 7) is 8.56. The molecule has 0 radical (unpaired) electrons. The van der Waals surface area contributed by atoms with Crippen molar-refractivity contribution in [2.75, 3.05) is 37.2 Å². The third-order valence-electron chi connectivity index (χ3n) is 2.60. The quantitative estimate of drug-likeness (QED) is 0.701. The smallest absolute Gasteiger partial charge is 0.0574 e. The minimum absolute atomic E-state index is 0.817. The third-order valence-corrected chi connectivity index (χ3v) is 2.60. The van der Waals surface area contributed by atoms with Crippen molar-refractivity contribution in [1.82, 2.24) is 4.90 Å². The van der Waals surface area contributed by atoms with E-state index in [2.05, 4.69) is 24.1 Å². The summed E-state index contributed by atoms with van der Waals surface area (Å²) in [4.78, 5) is 2.38. The molecule has 84 valence electrons. The van der Waals surface area contributed by atoms with E-state index in [4.69, 9.17) is 5.73 Å². The van der Waals surface area contributed by atoms with Crippen molar-refractivity contribution in [1.29, 1.82) is 0 Å². The van der Waals surface area contributed by atoms with Crippen LogP contribution in [0.3, 0.4) is 0 Å². The third kappa shape index (κ3) is 3.80. The van der Waals surface area contributed by atoms with Crippen LogP contribution in [0.15, 0.2) is 24.3 Å². The molecule has 3 nitrogen and oxygen atoms in total. The van der Waals surface area contributed by atoms with Crippen molar-refractivity contribution in [3.63, 3.8) is 0 Å². The maximum Gasteiger partial charge on any atom is 0.0574 e. The summed E-state index contributed by atoms with van der Waals surface area (Å²) >= 11 is 0. The number of nitrogens with zero attached hydrogens (tertiary/aromatic N) is 1. The van der Waals surface area contributed by atoms with Gasteiger partial charge in [0, 0.05) is 13.1 Å². The van der Waals surface area contributed by atoms with Gasteiger partial charge in [0.1, 0.15) is 0 Å². The number of likely N-dealkylation sites (N-methyl/N-ethyl adjacent to an activating group) is 1. The van der Waals surface area contributed by atoms with Gasteiger partial charge in [-0.05, 0) is 25.2 Å². The molecule has 0 aliphatic heterocycles. The van der Waals surface area contributed by atoms with Crippen LogP contribution in [-0.2, 0) is 0 Å². The molecule has 0 saturated carbocycles. The second-order valence-corrected chi connectivity index (χ2v) is 3.54. The van der Waals surface area contributed by atoms with E-state index in [1.807, 2.05) is 24.3 Å². The molecular formula is C12H21N3. The zero-order valence-corrected chi connectivity index (χ0v) is 9.66. The van der Waals surface area contributed by atoms with Gasteiger partial charge in [0.05, 0.1) is 11.4 Å². The molecule has 0 aliphatic carbocycles. The number of hydrogen-bond donors (Lipinski definition) is 2. The van der Waals surface area contributed by atoms with Gasteiger partial charge in [0.25, 0.3) is 0 Å². The van der Waals surface area contributed by atoms with Crippen molar-refractivity contribution in [3.8, 4) is 0 Å². The fourth-order valence-corrected chi connectivity index (χ4v) is 1.55. The number of nitrogens with two attached hydrogens (primary N) is 1. The van der Waals surface area contributed by atoms with Crippen LogP contribution in [0.4, 0.5) is 11.4 Å². The molecule has 15 heavy (non-hydrogen) atoms. The number of benzene rings is 1. The van der Waals surface area contributed by atoms with Gasteiger partial charge in [-0.2, -0.15) is 0 Å². The Bertz CT molecular complexity index is 282. The van der Waals surface area contributed by atoms with E-state index in [1.165, 1.54) is 0 Å². The predicted octanol–water partition coefficient (Wildman–Crippen LogP) is 2.02. The molecule has 0 spiro atoms. The summed E-state index contributed by atoms with van der Waals surface area (Å²) < 4.78 is 0. The monoisotopic (exact) mass is 207 g/mol. The number of hydrogen-bond acceptors (Lipinski definition) is 3. The lowest BCUT2D eigenvalue weighted by Crippen LogP contribution is -2.28. The number of nitrogens with one attached hydrogen (secondary N) is 1. The largest absolute Gasteiger partial charge is 0.397 e. The van der Waals surface area contributed by atoms with Crippen LogP contribution in [0.25, 0.3) is 0 Å². The lowest BCUT2D eigenvalue weighted by Gasteiger charge is -2.18. The number of rotatable bonds is 6. The molecule has 0 unspecified atom stereocenters. The summed E-state index contributed by atoms with van der Waals surface area (Å²) in [5.74, 6) is 0. The Morgan fingerprint density at radius 2 is 1.87 bits per heavy atom. The van der Waals surface area contributed by atoms with Gasteiger partial charge in [-0.25, -0.2) is 0 Å². The maximum absolute atomic E-state index is 5.83. The molecule has 0 heterocycles. The van der Waals surface area contributed by atoms with Crippen LogP contribution in [0.1, 0.15) is 13.8 Å². The molecule has 3 N–H and O–H groups in total. The predicted molar refractivity (Wildman–Crippen MR) is 67.1 cm³/mol. The summed E-state index contributed by atoms with van der Waals surface area (Å²) in [6.07, 6.45) is 0. The lowest BCUT2D eigenvalue weighted by molar-refractivity contribution is 0.316. The van der Waals surface area contributed by atoms with Crippen molar-refractivity contribution in [3.05, 3.63) is 24.3 Å². The molecule has 0 aliphatic rings. The highest BCUT2D eigenvalue weighted by atomic mass is 15.1. The van der Waals surface area contributed by atoms with Crippen molar-refractivity contribution in [2.45, 2.75) is 13.8 Å². The van der Waals surface area contributed by atoms with Gasteiger partial charge < -0.3 is 16.0 Å². The molecule has 0 aromatic heterocycles. The summed E-state index contributed by atoms with van der Waals surface area (Å²) in [6, 6.07) is 7.87. The van der Waals surface area contributed by atoms with Crippen LogP contribution in [0.5, 0.6) is 0 Å². The van der Waals surface area contributed by atoms with Crippen LogP contribution < -0.4 is 11.1 Å². The van der Waals surface area contributed by atoms with Gasteiger partial charge in [-0.15, -0.1) is 0 Å². The molecule has 0 atom stereocenters. The molecule has 0 bridgehead atoms. The molecule has 0 amide bonds. The van der Waals surface area contributed by atoms with E-state index in [-0.39, 0.29) is 0 Å². The maximum atomic E-state index is 5.83. The average Bonchev–Trinajstić information content (AvgIpc) is 2.27. The Balaban J connectivity index is 2.34. The standard InChI is InChI=1S/C12H21N3/c1-3-15(4-2)10-9-14-12-8-6-5-7-11(12)13/h5-8,14H,3-4,9-10,13H2,1-2H3.